The number of hydrogen-bond acceptors (Lipinski definition) is 4. The van der Waals surface area contributed by atoms with Crippen molar-refractivity contribution in [2.24, 2.45) is 7.05 Å². The van der Waals surface area contributed by atoms with Gasteiger partial charge < -0.3 is 0 Å². The van der Waals surface area contributed by atoms with E-state index in [2.05, 4.69) is 15.1 Å². The van der Waals surface area contributed by atoms with Crippen molar-refractivity contribution in [3.63, 3.8) is 0 Å². The van der Waals surface area contributed by atoms with E-state index < -0.39 is 0 Å². The molecule has 0 radical (unpaired) electrons. The minimum atomic E-state index is -0.228. The van der Waals surface area contributed by atoms with Crippen LogP contribution < -0.4 is 0 Å². The van der Waals surface area contributed by atoms with Gasteiger partial charge in [0.05, 0.1) is 27.2 Å². The lowest BCUT2D eigenvalue weighted by Crippen LogP contribution is -1.97. The lowest BCUT2D eigenvalue weighted by atomic mass is 10.2. The van der Waals surface area contributed by atoms with Crippen molar-refractivity contribution in [2.45, 2.75) is 13.8 Å². The SMILES string of the molecule is CC(=O)c1c(Cl)cc(Cl)nc1Cl.Cc1nn(C)c2cc(Cl)nc(Cl)c12. The number of carbonyl (C=O) groups excluding carboxylic acids is 1. The van der Waals surface area contributed by atoms with Crippen LogP contribution in [0.4, 0.5) is 0 Å². The fraction of sp³-hybridized carbons (Fsp3) is 0.200. The zero-order valence-electron chi connectivity index (χ0n) is 13.2. The van der Waals surface area contributed by atoms with Crippen molar-refractivity contribution in [3.05, 3.63) is 49.0 Å². The fourth-order valence-corrected chi connectivity index (χ4v) is 3.71. The molecule has 3 aromatic rings. The predicted molar refractivity (Wildman–Crippen MR) is 103 cm³/mol. The zero-order chi connectivity index (χ0) is 18.9. The number of halogens is 5. The van der Waals surface area contributed by atoms with E-state index in [0.717, 1.165) is 16.6 Å². The van der Waals surface area contributed by atoms with Crippen LogP contribution in [0.3, 0.4) is 0 Å². The van der Waals surface area contributed by atoms with Crippen LogP contribution in [0.15, 0.2) is 12.1 Å². The maximum absolute atomic E-state index is 10.9. The summed E-state index contributed by atoms with van der Waals surface area (Å²) in [6, 6.07) is 3.13. The minimum Gasteiger partial charge on any atom is -0.294 e. The van der Waals surface area contributed by atoms with Gasteiger partial charge in [-0.15, -0.1) is 0 Å². The van der Waals surface area contributed by atoms with Crippen molar-refractivity contribution in [1.29, 1.82) is 0 Å². The third-order valence-electron chi connectivity index (χ3n) is 3.18. The molecule has 0 amide bonds. The topological polar surface area (TPSA) is 60.7 Å². The van der Waals surface area contributed by atoms with Crippen LogP contribution in [-0.2, 0) is 7.05 Å². The average molecular weight is 441 g/mol. The lowest BCUT2D eigenvalue weighted by molar-refractivity contribution is 0.101. The molecule has 10 heteroatoms. The Morgan fingerprint density at radius 2 is 1.56 bits per heavy atom. The van der Waals surface area contributed by atoms with E-state index in [1.165, 1.54) is 13.0 Å². The maximum Gasteiger partial charge on any atom is 0.164 e. The molecule has 0 atom stereocenters. The lowest BCUT2D eigenvalue weighted by Gasteiger charge is -2.01. The summed E-state index contributed by atoms with van der Waals surface area (Å²) >= 11 is 28.6. The molecule has 5 nitrogen and oxygen atoms in total. The maximum atomic E-state index is 10.9. The highest BCUT2D eigenvalue weighted by Gasteiger charge is 2.13. The smallest absolute Gasteiger partial charge is 0.164 e. The summed E-state index contributed by atoms with van der Waals surface area (Å²) in [6.45, 7) is 3.26. The molecule has 0 saturated carbocycles. The van der Waals surface area contributed by atoms with Crippen LogP contribution in [0.1, 0.15) is 23.0 Å². The van der Waals surface area contributed by atoms with E-state index in [9.17, 15) is 4.79 Å². The number of carbonyl (C=O) groups is 1. The molecule has 0 saturated heterocycles. The van der Waals surface area contributed by atoms with Gasteiger partial charge in [-0.05, 0) is 19.9 Å². The summed E-state index contributed by atoms with van der Waals surface area (Å²) in [5, 5.41) is 6.34. The summed E-state index contributed by atoms with van der Waals surface area (Å²) in [4.78, 5) is 18.6. The number of fused-ring (bicyclic) bond motifs is 1. The standard InChI is InChI=1S/C8H7Cl2N3.C7H4Cl3NO/c1-4-7-5(13(2)12-4)3-6(9)11-8(7)10;1-3(12)6-4(8)2-5(9)11-7(6)10/h3H,1-2H3;2H,1H3. The van der Waals surface area contributed by atoms with E-state index in [1.54, 1.807) is 10.7 Å². The van der Waals surface area contributed by atoms with Crippen molar-refractivity contribution in [1.82, 2.24) is 19.7 Å². The van der Waals surface area contributed by atoms with Crippen LogP contribution in [0.2, 0.25) is 25.6 Å². The molecule has 132 valence electrons. The first-order valence-corrected chi connectivity index (χ1v) is 8.68. The number of pyridine rings is 2. The van der Waals surface area contributed by atoms with Crippen LogP contribution in [0.25, 0.3) is 10.9 Å². The minimum absolute atomic E-state index is 0.0417. The Kier molecular flexibility index (Phi) is 6.51. The van der Waals surface area contributed by atoms with Gasteiger partial charge >= 0.3 is 0 Å². The average Bonchev–Trinajstić information content (AvgIpc) is 2.72. The highest BCUT2D eigenvalue weighted by atomic mass is 35.5. The molecular weight excluding hydrogens is 429 g/mol. The van der Waals surface area contributed by atoms with Gasteiger partial charge in [0.1, 0.15) is 20.6 Å². The Morgan fingerprint density at radius 1 is 1.00 bits per heavy atom. The predicted octanol–water partition coefficient (Wildman–Crippen LogP) is 5.83. The Bertz CT molecular complexity index is 947. The number of Topliss-reactive ketones (excluding diaryl/α,β-unsaturated/α-hetero) is 1. The van der Waals surface area contributed by atoms with Gasteiger partial charge in [-0.1, -0.05) is 58.0 Å². The molecule has 0 unspecified atom stereocenters. The van der Waals surface area contributed by atoms with Gasteiger partial charge in [-0.2, -0.15) is 5.10 Å². The first kappa shape index (κ1) is 20.2. The monoisotopic (exact) mass is 438 g/mol. The molecule has 0 aliphatic heterocycles. The normalized spacial score (nSPS) is 10.6. The molecule has 25 heavy (non-hydrogen) atoms. The number of ketones is 1. The second-order valence-corrected chi connectivity index (χ2v) is 6.89. The Labute approximate surface area is 168 Å². The van der Waals surface area contributed by atoms with Gasteiger partial charge in [0, 0.05) is 13.1 Å². The molecule has 0 aromatic carbocycles. The van der Waals surface area contributed by atoms with Crippen molar-refractivity contribution in [3.8, 4) is 0 Å². The first-order valence-electron chi connectivity index (χ1n) is 6.79. The summed E-state index contributed by atoms with van der Waals surface area (Å²) in [5.74, 6) is -0.228. The van der Waals surface area contributed by atoms with E-state index >= 15 is 0 Å². The Hall–Kier alpha value is -1.11. The van der Waals surface area contributed by atoms with Crippen LogP contribution in [0.5, 0.6) is 0 Å². The largest absolute Gasteiger partial charge is 0.294 e. The van der Waals surface area contributed by atoms with Crippen LogP contribution in [0, 0.1) is 6.92 Å². The Balaban J connectivity index is 0.000000181. The molecule has 0 aliphatic rings. The summed E-state index contributed by atoms with van der Waals surface area (Å²) in [6.07, 6.45) is 0. The van der Waals surface area contributed by atoms with E-state index in [-0.39, 0.29) is 26.7 Å². The van der Waals surface area contributed by atoms with Gasteiger partial charge in [-0.25, -0.2) is 9.97 Å². The highest BCUT2D eigenvalue weighted by Crippen LogP contribution is 2.27. The quantitative estimate of drug-likeness (QED) is 0.353. The second kappa shape index (κ2) is 8.06. The van der Waals surface area contributed by atoms with Crippen molar-refractivity contribution in [2.75, 3.05) is 0 Å². The molecule has 0 aliphatic carbocycles. The summed E-state index contributed by atoms with van der Waals surface area (Å²) in [5.41, 5.74) is 1.98. The van der Waals surface area contributed by atoms with Crippen molar-refractivity contribution >= 4 is 74.7 Å². The molecule has 0 fully saturated rings. The number of aromatic nitrogens is 4. The van der Waals surface area contributed by atoms with Gasteiger partial charge in [-0.3, -0.25) is 9.48 Å². The van der Waals surface area contributed by atoms with E-state index in [1.807, 2.05) is 14.0 Å². The molecule has 0 spiro atoms. The molecule has 3 rings (SSSR count). The third-order valence-corrected chi connectivity index (χ3v) is 4.41. The van der Waals surface area contributed by atoms with Crippen molar-refractivity contribution < 1.29 is 4.79 Å². The molecule has 0 bridgehead atoms. The highest BCUT2D eigenvalue weighted by molar-refractivity contribution is 6.40. The number of aryl methyl sites for hydroxylation is 2. The summed E-state index contributed by atoms with van der Waals surface area (Å²) in [7, 11) is 1.85. The fourth-order valence-electron chi connectivity index (χ4n) is 2.16. The Morgan fingerprint density at radius 3 is 2.12 bits per heavy atom. The van der Waals surface area contributed by atoms with E-state index in [4.69, 9.17) is 58.0 Å². The molecule has 3 aromatic heterocycles. The van der Waals surface area contributed by atoms with Crippen LogP contribution >= 0.6 is 58.0 Å². The number of hydrogen-bond donors (Lipinski definition) is 0. The van der Waals surface area contributed by atoms with Crippen LogP contribution in [-0.4, -0.2) is 25.5 Å². The molecule has 3 heterocycles. The van der Waals surface area contributed by atoms with E-state index in [0.29, 0.717) is 10.3 Å². The van der Waals surface area contributed by atoms with Gasteiger partial charge in [0.25, 0.3) is 0 Å². The number of nitrogens with zero attached hydrogens (tertiary/aromatic N) is 4. The second-order valence-electron chi connectivity index (χ2n) is 4.99. The molecule has 0 N–H and O–H groups in total. The first-order chi connectivity index (χ1) is 11.6. The van der Waals surface area contributed by atoms with Gasteiger partial charge in [0.15, 0.2) is 5.78 Å². The zero-order valence-corrected chi connectivity index (χ0v) is 17.0. The van der Waals surface area contributed by atoms with Gasteiger partial charge in [0.2, 0.25) is 0 Å². The third kappa shape index (κ3) is 4.54. The number of rotatable bonds is 1. The summed E-state index contributed by atoms with van der Waals surface area (Å²) < 4.78 is 1.74. The molecular formula is C15H11Cl5N4O.